The molecule has 4 nitrogen and oxygen atoms in total. The maximum atomic E-state index is 12.3. The Hall–Kier alpha value is -3.06. The van der Waals surface area contributed by atoms with E-state index in [1.807, 2.05) is 48.5 Å². The van der Waals surface area contributed by atoms with Crippen molar-refractivity contribution in [3.05, 3.63) is 71.8 Å². The van der Waals surface area contributed by atoms with Crippen LogP contribution in [-0.4, -0.2) is 23.5 Å². The SMILES string of the molecule is O=C(C#Cc1ccccc1)N1C(=O)OCC1c1ccccc1. The Labute approximate surface area is 128 Å². The summed E-state index contributed by atoms with van der Waals surface area (Å²) < 4.78 is 5.00. The van der Waals surface area contributed by atoms with Crippen molar-refractivity contribution in [3.8, 4) is 11.8 Å². The van der Waals surface area contributed by atoms with Crippen LogP contribution in [0.15, 0.2) is 60.7 Å². The fourth-order valence-electron chi connectivity index (χ4n) is 2.27. The predicted octanol–water partition coefficient (Wildman–Crippen LogP) is 2.76. The fourth-order valence-corrected chi connectivity index (χ4v) is 2.27. The van der Waals surface area contributed by atoms with Crippen LogP contribution >= 0.6 is 0 Å². The third-order valence-corrected chi connectivity index (χ3v) is 3.36. The van der Waals surface area contributed by atoms with Gasteiger partial charge in [-0.25, -0.2) is 9.69 Å². The van der Waals surface area contributed by atoms with Crippen molar-refractivity contribution in [2.75, 3.05) is 6.61 Å². The van der Waals surface area contributed by atoms with E-state index in [1.54, 1.807) is 12.1 Å². The summed E-state index contributed by atoms with van der Waals surface area (Å²) in [5.74, 6) is 4.72. The highest BCUT2D eigenvalue weighted by molar-refractivity contribution is 6.04. The summed E-state index contributed by atoms with van der Waals surface area (Å²) in [7, 11) is 0. The van der Waals surface area contributed by atoms with Gasteiger partial charge in [0.1, 0.15) is 12.6 Å². The normalized spacial score (nSPS) is 16.6. The van der Waals surface area contributed by atoms with Crippen LogP contribution in [0.2, 0.25) is 0 Å². The lowest BCUT2D eigenvalue weighted by molar-refractivity contribution is -0.123. The van der Waals surface area contributed by atoms with Crippen molar-refractivity contribution in [1.82, 2.24) is 4.90 Å². The molecule has 1 unspecified atom stereocenters. The first kappa shape index (κ1) is 13.9. The van der Waals surface area contributed by atoms with Crippen molar-refractivity contribution in [2.24, 2.45) is 0 Å². The summed E-state index contributed by atoms with van der Waals surface area (Å²) in [5, 5.41) is 0. The van der Waals surface area contributed by atoms with Gasteiger partial charge >= 0.3 is 12.0 Å². The third kappa shape index (κ3) is 2.84. The molecule has 2 aromatic carbocycles. The van der Waals surface area contributed by atoms with Crippen LogP contribution in [0.3, 0.4) is 0 Å². The second-order valence-electron chi connectivity index (χ2n) is 4.79. The zero-order chi connectivity index (χ0) is 15.4. The van der Waals surface area contributed by atoms with E-state index in [1.165, 1.54) is 0 Å². The zero-order valence-corrected chi connectivity index (χ0v) is 11.7. The number of hydrogen-bond acceptors (Lipinski definition) is 3. The second kappa shape index (κ2) is 6.15. The van der Waals surface area contributed by atoms with Crippen molar-refractivity contribution in [3.63, 3.8) is 0 Å². The minimum Gasteiger partial charge on any atom is -0.446 e. The van der Waals surface area contributed by atoms with Gasteiger partial charge in [0.25, 0.3) is 0 Å². The highest BCUT2D eigenvalue weighted by atomic mass is 16.6. The Balaban J connectivity index is 1.84. The molecule has 1 aliphatic rings. The molecule has 1 saturated heterocycles. The van der Waals surface area contributed by atoms with E-state index in [-0.39, 0.29) is 6.61 Å². The summed E-state index contributed by atoms with van der Waals surface area (Å²) >= 11 is 0. The number of ether oxygens (including phenoxy) is 1. The van der Waals surface area contributed by atoms with Gasteiger partial charge in [0, 0.05) is 11.5 Å². The van der Waals surface area contributed by atoms with E-state index in [4.69, 9.17) is 4.74 Å². The van der Waals surface area contributed by atoms with E-state index < -0.39 is 18.0 Å². The van der Waals surface area contributed by atoms with Crippen LogP contribution in [0.25, 0.3) is 0 Å². The maximum absolute atomic E-state index is 12.3. The molecule has 22 heavy (non-hydrogen) atoms. The van der Waals surface area contributed by atoms with Crippen molar-refractivity contribution in [2.45, 2.75) is 6.04 Å². The molecule has 0 radical (unpaired) electrons. The first-order chi connectivity index (χ1) is 10.8. The van der Waals surface area contributed by atoms with Gasteiger partial charge in [-0.05, 0) is 17.7 Å². The van der Waals surface area contributed by atoms with E-state index in [2.05, 4.69) is 11.8 Å². The smallest absolute Gasteiger partial charge is 0.418 e. The van der Waals surface area contributed by atoms with Gasteiger partial charge < -0.3 is 4.74 Å². The van der Waals surface area contributed by atoms with Gasteiger partial charge in [-0.2, -0.15) is 0 Å². The number of hydrogen-bond donors (Lipinski definition) is 0. The first-order valence-electron chi connectivity index (χ1n) is 6.87. The van der Waals surface area contributed by atoms with Crippen LogP contribution in [0.5, 0.6) is 0 Å². The van der Waals surface area contributed by atoms with Crippen LogP contribution in [0, 0.1) is 11.8 Å². The van der Waals surface area contributed by atoms with E-state index in [0.717, 1.165) is 16.0 Å². The summed E-state index contributed by atoms with van der Waals surface area (Å²) in [6.07, 6.45) is -0.652. The third-order valence-electron chi connectivity index (χ3n) is 3.36. The Morgan fingerprint density at radius 3 is 2.36 bits per heavy atom. The van der Waals surface area contributed by atoms with E-state index in [9.17, 15) is 9.59 Å². The standard InChI is InChI=1S/C18H13NO3/c20-17(12-11-14-7-3-1-4-8-14)19-16(13-22-18(19)21)15-9-5-2-6-10-15/h1-10,16H,13H2. The number of benzene rings is 2. The summed E-state index contributed by atoms with van der Waals surface area (Å²) in [5.41, 5.74) is 1.57. The quantitative estimate of drug-likeness (QED) is 0.759. The fraction of sp³-hybridized carbons (Fsp3) is 0.111. The van der Waals surface area contributed by atoms with Gasteiger partial charge in [-0.1, -0.05) is 54.5 Å². The van der Waals surface area contributed by atoms with Gasteiger partial charge in [0.05, 0.1) is 0 Å². The van der Waals surface area contributed by atoms with Crippen molar-refractivity contribution in [1.29, 1.82) is 0 Å². The minimum absolute atomic E-state index is 0.154. The van der Waals surface area contributed by atoms with Gasteiger partial charge in [0.2, 0.25) is 0 Å². The lowest BCUT2D eigenvalue weighted by atomic mass is 10.1. The molecular weight excluding hydrogens is 278 g/mol. The Morgan fingerprint density at radius 1 is 1.05 bits per heavy atom. The van der Waals surface area contributed by atoms with Gasteiger partial charge in [-0.3, -0.25) is 4.79 Å². The number of amides is 2. The molecule has 4 heteroatoms. The first-order valence-corrected chi connectivity index (χ1v) is 6.87. The highest BCUT2D eigenvalue weighted by Gasteiger charge is 2.38. The number of cyclic esters (lactones) is 1. The Morgan fingerprint density at radius 2 is 1.68 bits per heavy atom. The summed E-state index contributed by atoms with van der Waals surface area (Å²) in [6, 6.07) is 18.0. The molecule has 0 N–H and O–H groups in total. The molecule has 3 rings (SSSR count). The molecule has 108 valence electrons. The Kier molecular flexibility index (Phi) is 3.88. The lowest BCUT2D eigenvalue weighted by Crippen LogP contribution is -2.33. The molecule has 1 atom stereocenters. The predicted molar refractivity (Wildman–Crippen MR) is 80.7 cm³/mol. The van der Waals surface area contributed by atoms with Crippen molar-refractivity contribution < 1.29 is 14.3 Å². The molecule has 0 spiro atoms. The number of imide groups is 1. The van der Waals surface area contributed by atoms with Crippen LogP contribution in [-0.2, 0) is 9.53 Å². The second-order valence-corrected chi connectivity index (χ2v) is 4.79. The zero-order valence-electron chi connectivity index (χ0n) is 11.7. The summed E-state index contributed by atoms with van der Waals surface area (Å²) in [4.78, 5) is 25.2. The molecule has 0 aliphatic carbocycles. The molecule has 1 aliphatic heterocycles. The molecule has 2 aromatic rings. The van der Waals surface area contributed by atoms with Gasteiger partial charge in [0.15, 0.2) is 0 Å². The molecule has 1 fully saturated rings. The minimum atomic E-state index is -0.652. The molecule has 0 aromatic heterocycles. The van der Waals surface area contributed by atoms with Crippen LogP contribution in [0.1, 0.15) is 17.2 Å². The number of rotatable bonds is 1. The summed E-state index contributed by atoms with van der Waals surface area (Å²) in [6.45, 7) is 0.154. The maximum Gasteiger partial charge on any atom is 0.418 e. The molecule has 0 saturated carbocycles. The lowest BCUT2D eigenvalue weighted by Gasteiger charge is -2.17. The number of carbonyl (C=O) groups is 2. The molecular formula is C18H13NO3. The monoisotopic (exact) mass is 291 g/mol. The average Bonchev–Trinajstić information content (AvgIpc) is 2.96. The van der Waals surface area contributed by atoms with Crippen LogP contribution < -0.4 is 0 Å². The molecule has 2 amide bonds. The van der Waals surface area contributed by atoms with E-state index in [0.29, 0.717) is 0 Å². The van der Waals surface area contributed by atoms with E-state index >= 15 is 0 Å². The number of nitrogens with zero attached hydrogens (tertiary/aromatic N) is 1. The highest BCUT2D eigenvalue weighted by Crippen LogP contribution is 2.27. The Bertz CT molecular complexity index is 744. The van der Waals surface area contributed by atoms with Crippen molar-refractivity contribution >= 4 is 12.0 Å². The topological polar surface area (TPSA) is 46.6 Å². The average molecular weight is 291 g/mol. The van der Waals surface area contributed by atoms with Crippen LogP contribution in [0.4, 0.5) is 4.79 Å². The molecule has 1 heterocycles. The number of carbonyl (C=O) groups excluding carboxylic acids is 2. The molecule has 0 bridgehead atoms. The largest absolute Gasteiger partial charge is 0.446 e. The van der Waals surface area contributed by atoms with Gasteiger partial charge in [-0.15, -0.1) is 0 Å².